The van der Waals surface area contributed by atoms with Gasteiger partial charge in [-0.3, -0.25) is 0 Å². The number of rotatable bonds is 6. The van der Waals surface area contributed by atoms with Crippen LogP contribution in [0.15, 0.2) is 48.5 Å². The van der Waals surface area contributed by atoms with Crippen molar-refractivity contribution in [2.24, 2.45) is 0 Å². The lowest BCUT2D eigenvalue weighted by Gasteiger charge is -2.13. The van der Waals surface area contributed by atoms with E-state index in [0.717, 1.165) is 23.7 Å². The molecule has 0 aromatic heterocycles. The topological polar surface area (TPSA) is 23.5 Å². The summed E-state index contributed by atoms with van der Waals surface area (Å²) in [6, 6.07) is 16.2. The fourth-order valence-electron chi connectivity index (χ4n) is 1.89. The van der Waals surface area contributed by atoms with E-state index in [1.54, 1.807) is 11.8 Å². The lowest BCUT2D eigenvalue weighted by Crippen LogP contribution is -2.17. The number of aliphatic hydroxyl groups excluding tert-OH is 1. The van der Waals surface area contributed by atoms with E-state index in [0.29, 0.717) is 0 Å². The van der Waals surface area contributed by atoms with Crippen molar-refractivity contribution < 1.29 is 5.11 Å². The molecule has 1 aromatic carbocycles. The molecule has 2 nitrogen and oxygen atoms in total. The Labute approximate surface area is 141 Å². The van der Waals surface area contributed by atoms with Gasteiger partial charge in [0.25, 0.3) is 0 Å². The molecule has 0 spiro atoms. The van der Waals surface area contributed by atoms with Crippen molar-refractivity contribution in [2.75, 3.05) is 20.6 Å². The predicted octanol–water partition coefficient (Wildman–Crippen LogP) is 4.13. The standard InChI is InChI=1S/C12H18ClNOS.C6H4/c1-14(2)8-7-12(15)16-9-10-3-5-11(13)6-4-10;1-2-6-4-3-5(1)6/h3-6,12,15H,7-9H2,1-2H3;1-4H. The summed E-state index contributed by atoms with van der Waals surface area (Å²) in [7, 11) is 4.02. The van der Waals surface area contributed by atoms with E-state index in [1.807, 2.05) is 38.4 Å². The van der Waals surface area contributed by atoms with Gasteiger partial charge in [0, 0.05) is 17.3 Å². The van der Waals surface area contributed by atoms with Gasteiger partial charge in [-0.1, -0.05) is 48.0 Å². The number of hydrogen-bond acceptors (Lipinski definition) is 3. The van der Waals surface area contributed by atoms with Crippen molar-refractivity contribution in [1.29, 1.82) is 0 Å². The summed E-state index contributed by atoms with van der Waals surface area (Å²) in [5.74, 6) is 0.825. The minimum Gasteiger partial charge on any atom is -0.382 e. The van der Waals surface area contributed by atoms with Crippen LogP contribution in [0.4, 0.5) is 0 Å². The second kappa shape index (κ2) is 8.59. The average molecular weight is 336 g/mol. The zero-order chi connectivity index (χ0) is 15.9. The first-order valence-corrected chi connectivity index (χ1v) is 8.76. The Bertz CT molecular complexity index is 622. The molecule has 0 amide bonds. The predicted molar refractivity (Wildman–Crippen MR) is 96.0 cm³/mol. The van der Waals surface area contributed by atoms with Gasteiger partial charge in [0.05, 0.1) is 0 Å². The fourth-order valence-corrected chi connectivity index (χ4v) is 2.86. The Morgan fingerprint density at radius 2 is 1.55 bits per heavy atom. The maximum Gasteiger partial charge on any atom is 0.101 e. The highest BCUT2D eigenvalue weighted by Crippen LogP contribution is 2.19. The van der Waals surface area contributed by atoms with E-state index >= 15 is 0 Å². The first kappa shape index (κ1) is 17.4. The minimum absolute atomic E-state index is 0.293. The molecule has 1 unspecified atom stereocenters. The van der Waals surface area contributed by atoms with Gasteiger partial charge in [-0.2, -0.15) is 0 Å². The zero-order valence-electron chi connectivity index (χ0n) is 13.0. The highest BCUT2D eigenvalue weighted by molar-refractivity contribution is 7.98. The van der Waals surface area contributed by atoms with Gasteiger partial charge in [0.2, 0.25) is 0 Å². The van der Waals surface area contributed by atoms with Crippen LogP contribution in [-0.2, 0) is 5.75 Å². The van der Waals surface area contributed by atoms with Crippen molar-refractivity contribution in [3.63, 3.8) is 0 Å². The van der Waals surface area contributed by atoms with Crippen molar-refractivity contribution in [1.82, 2.24) is 4.90 Å². The maximum atomic E-state index is 9.72. The number of nitrogens with zero attached hydrogens (tertiary/aromatic N) is 1. The van der Waals surface area contributed by atoms with Crippen LogP contribution in [0.25, 0.3) is 0 Å². The van der Waals surface area contributed by atoms with Crippen LogP contribution in [0, 0.1) is 10.4 Å². The molecule has 0 fully saturated rings. The number of benzene rings is 2. The average Bonchev–Trinajstić information content (AvgIpc) is 2.49. The van der Waals surface area contributed by atoms with Crippen LogP contribution in [0.2, 0.25) is 5.02 Å². The van der Waals surface area contributed by atoms with Crippen LogP contribution >= 0.6 is 23.4 Å². The smallest absolute Gasteiger partial charge is 0.101 e. The molecule has 0 bridgehead atoms. The molecule has 0 saturated carbocycles. The van der Waals surface area contributed by atoms with Gasteiger partial charge in [0.1, 0.15) is 5.44 Å². The lowest BCUT2D eigenvalue weighted by molar-refractivity contribution is 0.232. The molecular weight excluding hydrogens is 314 g/mol. The van der Waals surface area contributed by atoms with Gasteiger partial charge in [-0.15, -0.1) is 11.8 Å². The van der Waals surface area contributed by atoms with Gasteiger partial charge >= 0.3 is 0 Å². The quantitative estimate of drug-likeness (QED) is 0.685. The Kier molecular flexibility index (Phi) is 6.77. The summed E-state index contributed by atoms with van der Waals surface area (Å²) < 4.78 is 0. The number of halogens is 1. The number of hydrogen-bond donors (Lipinski definition) is 1. The minimum atomic E-state index is -0.293. The molecule has 2 aliphatic rings. The van der Waals surface area contributed by atoms with Crippen molar-refractivity contribution in [2.45, 2.75) is 17.6 Å². The first-order chi connectivity index (χ1) is 10.5. The molecule has 4 heteroatoms. The summed E-state index contributed by atoms with van der Waals surface area (Å²) >= 11 is 7.36. The van der Waals surface area contributed by atoms with E-state index in [-0.39, 0.29) is 5.44 Å². The monoisotopic (exact) mass is 335 g/mol. The van der Waals surface area contributed by atoms with E-state index in [1.165, 1.54) is 16.0 Å². The maximum absolute atomic E-state index is 9.72. The van der Waals surface area contributed by atoms with Gasteiger partial charge in [-0.05, 0) is 48.6 Å². The van der Waals surface area contributed by atoms with Crippen molar-refractivity contribution in [3.05, 3.63) is 69.6 Å². The molecule has 0 radical (unpaired) electrons. The molecule has 118 valence electrons. The number of aliphatic hydroxyl groups is 1. The molecule has 2 aliphatic carbocycles. The summed E-state index contributed by atoms with van der Waals surface area (Å²) in [5.41, 5.74) is 0.899. The molecule has 1 N–H and O–H groups in total. The van der Waals surface area contributed by atoms with Crippen molar-refractivity contribution in [3.8, 4) is 0 Å². The third-order valence-corrected chi connectivity index (χ3v) is 4.77. The summed E-state index contributed by atoms with van der Waals surface area (Å²) in [5, 5.41) is 13.3. The Balaban J connectivity index is 0.000000238. The summed E-state index contributed by atoms with van der Waals surface area (Å²) in [6.45, 7) is 0.911. The molecule has 0 aliphatic heterocycles. The second-order valence-corrected chi connectivity index (χ2v) is 7.16. The van der Waals surface area contributed by atoms with Crippen LogP contribution in [0.3, 0.4) is 0 Å². The summed E-state index contributed by atoms with van der Waals surface area (Å²) in [6.07, 6.45) is 0.797. The molecule has 22 heavy (non-hydrogen) atoms. The normalized spacial score (nSPS) is 12.6. The Morgan fingerprint density at radius 1 is 1.00 bits per heavy atom. The van der Waals surface area contributed by atoms with Crippen LogP contribution in [-0.4, -0.2) is 36.1 Å². The Hall–Kier alpha value is -1.00. The lowest BCUT2D eigenvalue weighted by atomic mass is 10.1. The van der Waals surface area contributed by atoms with Crippen LogP contribution in [0.1, 0.15) is 12.0 Å². The van der Waals surface area contributed by atoms with E-state index in [4.69, 9.17) is 11.6 Å². The van der Waals surface area contributed by atoms with Gasteiger partial charge in [-0.25, -0.2) is 0 Å². The zero-order valence-corrected chi connectivity index (χ0v) is 14.6. The van der Waals surface area contributed by atoms with E-state index < -0.39 is 0 Å². The summed E-state index contributed by atoms with van der Waals surface area (Å²) in [4.78, 5) is 2.08. The van der Waals surface area contributed by atoms with Crippen LogP contribution in [0.5, 0.6) is 0 Å². The highest BCUT2D eigenvalue weighted by Gasteiger charge is 2.05. The third-order valence-electron chi connectivity index (χ3n) is 3.40. The highest BCUT2D eigenvalue weighted by atomic mass is 35.5. The first-order valence-electron chi connectivity index (χ1n) is 7.34. The SMILES string of the molecule is CN(C)CCC(O)SCc1ccc(Cl)cc1.c1cc2ccc1=2. The van der Waals surface area contributed by atoms with Gasteiger partial charge in [0.15, 0.2) is 0 Å². The largest absolute Gasteiger partial charge is 0.382 e. The van der Waals surface area contributed by atoms with E-state index in [9.17, 15) is 5.11 Å². The molecule has 3 rings (SSSR count). The van der Waals surface area contributed by atoms with Crippen molar-refractivity contribution >= 4 is 23.4 Å². The fraction of sp³-hybridized carbons (Fsp3) is 0.333. The van der Waals surface area contributed by atoms with E-state index in [2.05, 4.69) is 29.2 Å². The number of thioether (sulfide) groups is 1. The molecule has 1 atom stereocenters. The molecular formula is C18H22ClNOS. The second-order valence-electron chi connectivity index (χ2n) is 5.56. The van der Waals surface area contributed by atoms with Gasteiger partial charge < -0.3 is 10.0 Å². The Morgan fingerprint density at radius 3 is 1.95 bits per heavy atom. The molecule has 0 heterocycles. The molecule has 0 saturated heterocycles. The third kappa shape index (κ3) is 5.65. The molecule has 1 aromatic rings. The van der Waals surface area contributed by atoms with Crippen LogP contribution < -0.4 is 0 Å².